The Morgan fingerprint density at radius 1 is 1.40 bits per heavy atom. The summed E-state index contributed by atoms with van der Waals surface area (Å²) in [5.41, 5.74) is 1.16. The van der Waals surface area contributed by atoms with Crippen LogP contribution >= 0.6 is 0 Å². The predicted molar refractivity (Wildman–Crippen MR) is 77.2 cm³/mol. The molecule has 2 heterocycles. The highest BCUT2D eigenvalue weighted by molar-refractivity contribution is 5.79. The van der Waals surface area contributed by atoms with Gasteiger partial charge in [0.25, 0.3) is 0 Å². The summed E-state index contributed by atoms with van der Waals surface area (Å²) in [6.07, 6.45) is 9.23. The molecule has 0 bridgehead atoms. The first-order valence-corrected chi connectivity index (χ1v) is 7.42. The van der Waals surface area contributed by atoms with Crippen molar-refractivity contribution in [2.45, 2.75) is 25.3 Å². The maximum Gasteiger partial charge on any atom is 0.226 e. The first-order valence-electron chi connectivity index (χ1n) is 7.42. The molecule has 2 aliphatic rings. The van der Waals surface area contributed by atoms with Crippen molar-refractivity contribution in [3.63, 3.8) is 0 Å². The quantitative estimate of drug-likeness (QED) is 0.775. The molecule has 1 aromatic rings. The van der Waals surface area contributed by atoms with Crippen molar-refractivity contribution in [2.24, 2.45) is 13.0 Å². The summed E-state index contributed by atoms with van der Waals surface area (Å²) < 4.78 is 7.69. The molecule has 3 rings (SSSR count). The number of carbonyl (C=O) groups excluding carboxylic acids is 1. The largest absolute Gasteiger partial charge is 0.377 e. The highest BCUT2D eigenvalue weighted by Gasteiger charge is 2.33. The third kappa shape index (κ3) is 2.52. The lowest BCUT2D eigenvalue weighted by molar-refractivity contribution is -0.145. The lowest BCUT2D eigenvalue weighted by Gasteiger charge is -2.38. The van der Waals surface area contributed by atoms with Crippen molar-refractivity contribution in [1.82, 2.24) is 9.47 Å². The van der Waals surface area contributed by atoms with Gasteiger partial charge in [0.05, 0.1) is 19.3 Å². The van der Waals surface area contributed by atoms with E-state index in [4.69, 9.17) is 4.74 Å². The van der Waals surface area contributed by atoms with Crippen LogP contribution in [-0.4, -0.2) is 35.1 Å². The van der Waals surface area contributed by atoms with E-state index in [1.54, 1.807) is 0 Å². The fourth-order valence-corrected chi connectivity index (χ4v) is 3.19. The minimum atomic E-state index is 0.0576. The maximum absolute atomic E-state index is 12.8. The van der Waals surface area contributed by atoms with E-state index in [0.717, 1.165) is 25.0 Å². The molecule has 0 aromatic carbocycles. The molecule has 1 fully saturated rings. The van der Waals surface area contributed by atoms with E-state index in [2.05, 4.69) is 22.8 Å². The average Bonchev–Trinajstić information content (AvgIpc) is 2.93. The number of ether oxygens (including phenoxy) is 1. The zero-order valence-corrected chi connectivity index (χ0v) is 12.0. The fourth-order valence-electron chi connectivity index (χ4n) is 3.19. The fraction of sp³-hybridized carbons (Fsp3) is 0.562. The van der Waals surface area contributed by atoms with Crippen molar-refractivity contribution in [2.75, 3.05) is 19.8 Å². The van der Waals surface area contributed by atoms with Gasteiger partial charge in [0.2, 0.25) is 5.91 Å². The molecule has 20 heavy (non-hydrogen) atoms. The number of rotatable bonds is 2. The van der Waals surface area contributed by atoms with Gasteiger partial charge in [-0.3, -0.25) is 4.79 Å². The molecule has 4 nitrogen and oxygen atoms in total. The van der Waals surface area contributed by atoms with Crippen molar-refractivity contribution in [3.8, 4) is 0 Å². The molecule has 0 spiro atoms. The Bertz CT molecular complexity index is 506. The van der Waals surface area contributed by atoms with Crippen LogP contribution in [-0.2, 0) is 16.6 Å². The van der Waals surface area contributed by atoms with Gasteiger partial charge in [0, 0.05) is 31.4 Å². The van der Waals surface area contributed by atoms with Gasteiger partial charge in [0.15, 0.2) is 0 Å². The van der Waals surface area contributed by atoms with E-state index >= 15 is 0 Å². The van der Waals surface area contributed by atoms with Crippen LogP contribution in [0.2, 0.25) is 0 Å². The second kappa shape index (κ2) is 5.83. The first-order chi connectivity index (χ1) is 9.77. The Hall–Kier alpha value is -1.55. The van der Waals surface area contributed by atoms with Crippen LogP contribution in [0.25, 0.3) is 0 Å². The molecule has 2 atom stereocenters. The Morgan fingerprint density at radius 2 is 2.30 bits per heavy atom. The SMILES string of the molecule is Cn1cccc1C1COCCN1C(=O)C1CC=CCC1. The van der Waals surface area contributed by atoms with Crippen LogP contribution in [0.5, 0.6) is 0 Å². The van der Waals surface area contributed by atoms with E-state index in [-0.39, 0.29) is 12.0 Å². The third-order valence-electron chi connectivity index (χ3n) is 4.36. The zero-order valence-electron chi connectivity index (χ0n) is 12.0. The van der Waals surface area contributed by atoms with Gasteiger partial charge in [-0.05, 0) is 31.4 Å². The smallest absolute Gasteiger partial charge is 0.226 e. The summed E-state index contributed by atoms with van der Waals surface area (Å²) in [4.78, 5) is 14.8. The molecule has 108 valence electrons. The average molecular weight is 274 g/mol. The van der Waals surface area contributed by atoms with E-state index in [1.807, 2.05) is 24.2 Å². The van der Waals surface area contributed by atoms with Gasteiger partial charge < -0.3 is 14.2 Å². The summed E-state index contributed by atoms with van der Waals surface area (Å²) in [5.74, 6) is 0.449. The van der Waals surface area contributed by atoms with Gasteiger partial charge in [-0.2, -0.15) is 0 Å². The molecule has 1 amide bonds. The number of amides is 1. The predicted octanol–water partition coefficient (Wildman–Crippen LogP) is 2.28. The Labute approximate surface area is 120 Å². The third-order valence-corrected chi connectivity index (χ3v) is 4.36. The van der Waals surface area contributed by atoms with Crippen molar-refractivity contribution in [3.05, 3.63) is 36.2 Å². The molecule has 1 saturated heterocycles. The molecule has 0 N–H and O–H groups in total. The first kappa shape index (κ1) is 13.4. The summed E-state index contributed by atoms with van der Waals surface area (Å²) in [6, 6.07) is 4.17. The summed E-state index contributed by atoms with van der Waals surface area (Å²) >= 11 is 0. The Morgan fingerprint density at radius 3 is 3.00 bits per heavy atom. The number of morpholine rings is 1. The number of allylic oxidation sites excluding steroid dienone is 2. The number of aromatic nitrogens is 1. The van der Waals surface area contributed by atoms with Crippen LogP contribution in [0.4, 0.5) is 0 Å². The minimum Gasteiger partial charge on any atom is -0.377 e. The van der Waals surface area contributed by atoms with Crippen LogP contribution in [0.15, 0.2) is 30.5 Å². The van der Waals surface area contributed by atoms with Crippen molar-refractivity contribution >= 4 is 5.91 Å². The summed E-state index contributed by atoms with van der Waals surface area (Å²) in [6.45, 7) is 1.95. The van der Waals surface area contributed by atoms with Gasteiger partial charge >= 0.3 is 0 Å². The number of hydrogen-bond donors (Lipinski definition) is 0. The maximum atomic E-state index is 12.8. The number of aryl methyl sites for hydroxylation is 1. The standard InChI is InChI=1S/C16H22N2O2/c1-17-9-5-8-14(17)15-12-20-11-10-18(15)16(19)13-6-3-2-4-7-13/h2-3,5,8-9,13,15H,4,6-7,10-12H2,1H3. The normalized spacial score (nSPS) is 26.8. The minimum absolute atomic E-state index is 0.0576. The van der Waals surface area contributed by atoms with E-state index in [0.29, 0.717) is 25.7 Å². The number of carbonyl (C=O) groups is 1. The number of nitrogens with zero attached hydrogens (tertiary/aromatic N) is 2. The van der Waals surface area contributed by atoms with Gasteiger partial charge in [0.1, 0.15) is 0 Å². The van der Waals surface area contributed by atoms with E-state index in [1.165, 1.54) is 0 Å². The second-order valence-electron chi connectivity index (χ2n) is 5.65. The molecular weight excluding hydrogens is 252 g/mol. The highest BCUT2D eigenvalue weighted by Crippen LogP contribution is 2.29. The van der Waals surface area contributed by atoms with E-state index in [9.17, 15) is 4.79 Å². The molecule has 0 saturated carbocycles. The lowest BCUT2D eigenvalue weighted by atomic mass is 9.92. The van der Waals surface area contributed by atoms with Gasteiger partial charge in [-0.25, -0.2) is 0 Å². The molecule has 1 aliphatic heterocycles. The van der Waals surface area contributed by atoms with Crippen LogP contribution in [0.1, 0.15) is 31.0 Å². The Balaban J connectivity index is 1.80. The van der Waals surface area contributed by atoms with Gasteiger partial charge in [-0.1, -0.05) is 12.2 Å². The van der Waals surface area contributed by atoms with Crippen LogP contribution < -0.4 is 0 Å². The Kier molecular flexibility index (Phi) is 3.92. The van der Waals surface area contributed by atoms with Crippen LogP contribution in [0.3, 0.4) is 0 Å². The van der Waals surface area contributed by atoms with E-state index < -0.39 is 0 Å². The highest BCUT2D eigenvalue weighted by atomic mass is 16.5. The summed E-state index contributed by atoms with van der Waals surface area (Å²) in [7, 11) is 2.02. The topological polar surface area (TPSA) is 34.5 Å². The van der Waals surface area contributed by atoms with Crippen LogP contribution in [0, 0.1) is 5.92 Å². The van der Waals surface area contributed by atoms with Crippen molar-refractivity contribution < 1.29 is 9.53 Å². The zero-order chi connectivity index (χ0) is 13.9. The molecule has 1 aromatic heterocycles. The molecule has 1 aliphatic carbocycles. The molecular formula is C16H22N2O2. The molecule has 0 radical (unpaired) electrons. The lowest BCUT2D eigenvalue weighted by Crippen LogP contribution is -2.46. The molecule has 4 heteroatoms. The monoisotopic (exact) mass is 274 g/mol. The van der Waals surface area contributed by atoms with Gasteiger partial charge in [-0.15, -0.1) is 0 Å². The number of hydrogen-bond acceptors (Lipinski definition) is 2. The second-order valence-corrected chi connectivity index (χ2v) is 5.65. The summed E-state index contributed by atoms with van der Waals surface area (Å²) in [5, 5.41) is 0. The van der Waals surface area contributed by atoms with Crippen molar-refractivity contribution in [1.29, 1.82) is 0 Å². The molecule has 2 unspecified atom stereocenters.